The number of nitrogens with one attached hydrogen (secondary N) is 1. The van der Waals surface area contributed by atoms with Crippen LogP contribution in [0, 0.1) is 5.82 Å². The summed E-state index contributed by atoms with van der Waals surface area (Å²) in [5.74, 6) is -0.132. The third kappa shape index (κ3) is 2.56. The third-order valence-electron chi connectivity index (χ3n) is 5.85. The summed E-state index contributed by atoms with van der Waals surface area (Å²) in [7, 11) is 0. The smallest absolute Gasteiger partial charge is 0.231 e. The second kappa shape index (κ2) is 5.56. The predicted octanol–water partition coefficient (Wildman–Crippen LogP) is 1.93. The van der Waals surface area contributed by atoms with Gasteiger partial charge in [-0.1, -0.05) is 0 Å². The van der Waals surface area contributed by atoms with Crippen molar-refractivity contribution in [3.05, 3.63) is 29.6 Å². The molecule has 4 rings (SSSR count). The van der Waals surface area contributed by atoms with Gasteiger partial charge in [-0.25, -0.2) is 4.39 Å². The number of piperidine rings is 1. The largest absolute Gasteiger partial charge is 0.315 e. The van der Waals surface area contributed by atoms with Gasteiger partial charge in [-0.05, 0) is 56.5 Å². The molecule has 3 aliphatic rings. The van der Waals surface area contributed by atoms with E-state index < -0.39 is 0 Å². The molecule has 0 radical (unpaired) electrons. The number of carbonyl (C=O) groups excluding carboxylic acids is 1. The summed E-state index contributed by atoms with van der Waals surface area (Å²) in [5.41, 5.74) is 2.02. The quantitative estimate of drug-likeness (QED) is 0.905. The second-order valence-electron chi connectivity index (χ2n) is 7.36. The highest BCUT2D eigenvalue weighted by Gasteiger charge is 2.40. The zero-order valence-electron chi connectivity index (χ0n) is 13.6. The van der Waals surface area contributed by atoms with Crippen LogP contribution in [0.4, 0.5) is 10.1 Å². The molecule has 5 heteroatoms. The number of rotatable bonds is 2. The summed E-state index contributed by atoms with van der Waals surface area (Å²) < 4.78 is 13.4. The number of carbonyl (C=O) groups is 1. The molecule has 1 amide bonds. The van der Waals surface area contributed by atoms with E-state index in [0.717, 1.165) is 50.3 Å². The molecule has 0 aromatic heterocycles. The Morgan fingerprint density at radius 3 is 2.78 bits per heavy atom. The summed E-state index contributed by atoms with van der Waals surface area (Å²) in [6.07, 6.45) is 3.54. The van der Waals surface area contributed by atoms with Crippen molar-refractivity contribution in [2.75, 3.05) is 31.1 Å². The molecule has 1 atom stereocenters. The Kier molecular flexibility index (Phi) is 3.65. The fraction of sp³-hybridized carbons (Fsp3) is 0.611. The maximum absolute atomic E-state index is 13.4. The lowest BCUT2D eigenvalue weighted by atomic mass is 9.93. The Hall–Kier alpha value is -1.46. The number of hydrogen-bond acceptors (Lipinski definition) is 3. The normalized spacial score (nSPS) is 29.3. The van der Waals surface area contributed by atoms with Gasteiger partial charge in [0, 0.05) is 36.9 Å². The van der Waals surface area contributed by atoms with Gasteiger partial charge < -0.3 is 10.2 Å². The van der Waals surface area contributed by atoms with Crippen LogP contribution in [0.25, 0.3) is 0 Å². The van der Waals surface area contributed by atoms with Crippen molar-refractivity contribution in [2.24, 2.45) is 0 Å². The van der Waals surface area contributed by atoms with E-state index in [1.165, 1.54) is 18.6 Å². The molecule has 3 aliphatic heterocycles. The first-order valence-electron chi connectivity index (χ1n) is 8.63. The Balaban J connectivity index is 1.48. The highest BCUT2D eigenvalue weighted by Crippen LogP contribution is 2.35. The van der Waals surface area contributed by atoms with E-state index in [-0.39, 0.29) is 23.3 Å². The number of fused-ring (bicyclic) bond motifs is 1. The van der Waals surface area contributed by atoms with Crippen molar-refractivity contribution in [1.82, 2.24) is 10.2 Å². The molecule has 2 fully saturated rings. The molecule has 23 heavy (non-hydrogen) atoms. The average Bonchev–Trinajstić information content (AvgIpc) is 3.11. The first-order chi connectivity index (χ1) is 11.1. The van der Waals surface area contributed by atoms with Crippen LogP contribution in [-0.2, 0) is 11.2 Å². The summed E-state index contributed by atoms with van der Waals surface area (Å²) in [4.78, 5) is 16.9. The topological polar surface area (TPSA) is 35.6 Å². The number of benzene rings is 1. The number of anilines is 1. The van der Waals surface area contributed by atoms with Crippen LogP contribution in [0.2, 0.25) is 0 Å². The number of nitrogens with zero attached hydrogens (tertiary/aromatic N) is 2. The summed E-state index contributed by atoms with van der Waals surface area (Å²) >= 11 is 0. The van der Waals surface area contributed by atoms with Gasteiger partial charge in [0.2, 0.25) is 5.91 Å². The molecule has 2 saturated heterocycles. The molecule has 1 N–H and O–H groups in total. The molecule has 0 bridgehead atoms. The van der Waals surface area contributed by atoms with E-state index in [1.807, 2.05) is 4.90 Å². The van der Waals surface area contributed by atoms with Gasteiger partial charge in [0.25, 0.3) is 0 Å². The summed E-state index contributed by atoms with van der Waals surface area (Å²) in [6, 6.07) is 4.99. The molecule has 1 unspecified atom stereocenters. The first kappa shape index (κ1) is 15.1. The lowest BCUT2D eigenvalue weighted by molar-refractivity contribution is -0.118. The van der Waals surface area contributed by atoms with Gasteiger partial charge >= 0.3 is 0 Å². The van der Waals surface area contributed by atoms with E-state index in [9.17, 15) is 9.18 Å². The molecule has 0 aliphatic carbocycles. The van der Waals surface area contributed by atoms with Gasteiger partial charge in [-0.3, -0.25) is 9.69 Å². The highest BCUT2D eigenvalue weighted by molar-refractivity contribution is 6.01. The SMILES string of the molecule is CC1(N2CCC(N3C(=O)Cc4cc(F)ccc43)CC2)CCNC1. The number of halogens is 1. The Morgan fingerprint density at radius 1 is 1.30 bits per heavy atom. The number of likely N-dealkylation sites (tertiary alicyclic amines) is 1. The maximum Gasteiger partial charge on any atom is 0.231 e. The van der Waals surface area contributed by atoms with E-state index in [1.54, 1.807) is 6.07 Å². The molecule has 1 aromatic carbocycles. The van der Waals surface area contributed by atoms with Crippen molar-refractivity contribution in [3.63, 3.8) is 0 Å². The molecule has 3 heterocycles. The number of amides is 1. The van der Waals surface area contributed by atoms with E-state index in [2.05, 4.69) is 17.1 Å². The fourth-order valence-corrected chi connectivity index (χ4v) is 4.45. The predicted molar refractivity (Wildman–Crippen MR) is 88.1 cm³/mol. The molecule has 0 saturated carbocycles. The van der Waals surface area contributed by atoms with Crippen molar-refractivity contribution >= 4 is 11.6 Å². The molecule has 1 aromatic rings. The first-order valence-corrected chi connectivity index (χ1v) is 8.63. The summed E-state index contributed by atoms with van der Waals surface area (Å²) in [5, 5.41) is 3.46. The van der Waals surface area contributed by atoms with Crippen LogP contribution in [0.15, 0.2) is 18.2 Å². The molecular formula is C18H24FN3O. The van der Waals surface area contributed by atoms with Crippen LogP contribution in [0.1, 0.15) is 31.7 Å². The second-order valence-corrected chi connectivity index (χ2v) is 7.36. The molecule has 4 nitrogen and oxygen atoms in total. The molecule has 0 spiro atoms. The van der Waals surface area contributed by atoms with Gasteiger partial charge in [0.05, 0.1) is 6.42 Å². The molecular weight excluding hydrogens is 293 g/mol. The van der Waals surface area contributed by atoms with E-state index in [0.29, 0.717) is 6.42 Å². The van der Waals surface area contributed by atoms with Crippen LogP contribution in [-0.4, -0.2) is 48.6 Å². The Bertz CT molecular complexity index is 619. The standard InChI is InChI=1S/C18H24FN3O/c1-18(6-7-20-12-18)21-8-4-15(5-9-21)22-16-3-2-14(19)10-13(16)11-17(22)23/h2-3,10,15,20H,4-9,11-12H2,1H3. The van der Waals surface area contributed by atoms with E-state index >= 15 is 0 Å². The van der Waals surface area contributed by atoms with Gasteiger partial charge in [-0.15, -0.1) is 0 Å². The third-order valence-corrected chi connectivity index (χ3v) is 5.85. The zero-order chi connectivity index (χ0) is 16.0. The fourth-order valence-electron chi connectivity index (χ4n) is 4.45. The van der Waals surface area contributed by atoms with Crippen LogP contribution in [0.3, 0.4) is 0 Å². The minimum Gasteiger partial charge on any atom is -0.315 e. The van der Waals surface area contributed by atoms with Crippen molar-refractivity contribution < 1.29 is 9.18 Å². The van der Waals surface area contributed by atoms with E-state index in [4.69, 9.17) is 0 Å². The monoisotopic (exact) mass is 317 g/mol. The summed E-state index contributed by atoms with van der Waals surface area (Å²) in [6.45, 7) is 6.56. The van der Waals surface area contributed by atoms with Gasteiger partial charge in [0.15, 0.2) is 0 Å². The van der Waals surface area contributed by atoms with Crippen LogP contribution < -0.4 is 10.2 Å². The number of hydrogen-bond donors (Lipinski definition) is 1. The van der Waals surface area contributed by atoms with Crippen molar-refractivity contribution in [3.8, 4) is 0 Å². The van der Waals surface area contributed by atoms with Crippen LogP contribution in [0.5, 0.6) is 0 Å². The van der Waals surface area contributed by atoms with Crippen LogP contribution >= 0.6 is 0 Å². The Labute approximate surface area is 136 Å². The van der Waals surface area contributed by atoms with Crippen molar-refractivity contribution in [2.45, 2.75) is 44.2 Å². The Morgan fingerprint density at radius 2 is 2.09 bits per heavy atom. The zero-order valence-corrected chi connectivity index (χ0v) is 13.6. The maximum atomic E-state index is 13.4. The van der Waals surface area contributed by atoms with Gasteiger partial charge in [0.1, 0.15) is 5.82 Å². The highest BCUT2D eigenvalue weighted by atomic mass is 19.1. The minimum absolute atomic E-state index is 0.123. The van der Waals surface area contributed by atoms with Crippen molar-refractivity contribution in [1.29, 1.82) is 0 Å². The van der Waals surface area contributed by atoms with Gasteiger partial charge in [-0.2, -0.15) is 0 Å². The lowest BCUT2D eigenvalue weighted by Gasteiger charge is -2.44. The lowest BCUT2D eigenvalue weighted by Crippen LogP contribution is -2.54. The molecule has 124 valence electrons. The average molecular weight is 317 g/mol. The minimum atomic E-state index is -0.255.